The summed E-state index contributed by atoms with van der Waals surface area (Å²) in [5, 5.41) is 1.06. The Morgan fingerprint density at radius 2 is 1.86 bits per heavy atom. The molecule has 1 aromatic carbocycles. The molecule has 2 radical (unpaired) electrons. The molecule has 14 heavy (non-hydrogen) atoms. The van der Waals surface area contributed by atoms with Crippen molar-refractivity contribution in [3.8, 4) is 5.75 Å². The summed E-state index contributed by atoms with van der Waals surface area (Å²) in [6.45, 7) is 4.02. The van der Waals surface area contributed by atoms with Gasteiger partial charge in [0.15, 0.2) is 0 Å². The van der Waals surface area contributed by atoms with Gasteiger partial charge in [0, 0.05) is 11.6 Å². The van der Waals surface area contributed by atoms with Gasteiger partial charge in [-0.15, -0.1) is 0 Å². The summed E-state index contributed by atoms with van der Waals surface area (Å²) >= 11 is 0. The van der Waals surface area contributed by atoms with Crippen LogP contribution in [0.5, 0.6) is 5.75 Å². The highest BCUT2D eigenvalue weighted by Gasteiger charge is 2.03. The minimum absolute atomic E-state index is 0.625. The third kappa shape index (κ3) is 1.46. The lowest BCUT2D eigenvalue weighted by Gasteiger charge is -2.07. The fourth-order valence-electron chi connectivity index (χ4n) is 1.56. The average Bonchev–Trinajstić information content (AvgIpc) is 2.15. The van der Waals surface area contributed by atoms with Gasteiger partial charge in [0.05, 0.1) is 0 Å². The molecular weight excluding hydrogens is 173 g/mol. The summed E-state index contributed by atoms with van der Waals surface area (Å²) in [6.07, 6.45) is 1.81. The molecule has 0 saturated carbocycles. The molecule has 2 rings (SSSR count). The smallest absolute Gasteiger partial charge is 0.374 e. The predicted octanol–water partition coefficient (Wildman–Crippen LogP) is 2.31. The second kappa shape index (κ2) is 3.33. The molecule has 0 aliphatic rings. The van der Waals surface area contributed by atoms with Crippen LogP contribution in [0, 0.1) is 13.8 Å². The zero-order valence-electron chi connectivity index (χ0n) is 8.24. The van der Waals surface area contributed by atoms with Crippen molar-refractivity contribution in [1.29, 1.82) is 0 Å². The molecule has 2 aromatic rings. The minimum atomic E-state index is 0.625. The summed E-state index contributed by atoms with van der Waals surface area (Å²) in [4.78, 5) is 4.29. The highest BCUT2D eigenvalue weighted by molar-refractivity contribution is 6.02. The third-order valence-corrected chi connectivity index (χ3v) is 2.16. The number of hydrogen-bond donors (Lipinski definition) is 0. The van der Waals surface area contributed by atoms with Gasteiger partial charge in [0.2, 0.25) is 0 Å². The quantitative estimate of drug-likeness (QED) is 0.632. The molecule has 1 aromatic heterocycles. The molecule has 0 N–H and O–H groups in total. The number of aromatic nitrogens is 1. The molecule has 1 heterocycles. The Bertz CT molecular complexity index is 477. The van der Waals surface area contributed by atoms with E-state index < -0.39 is 0 Å². The summed E-state index contributed by atoms with van der Waals surface area (Å²) < 4.78 is 4.79. The molecule has 68 valence electrons. The molecular formula is C11H10BNO. The Morgan fingerprint density at radius 1 is 1.14 bits per heavy atom. The molecule has 0 aliphatic heterocycles. The van der Waals surface area contributed by atoms with Crippen molar-refractivity contribution in [3.05, 3.63) is 35.5 Å². The van der Waals surface area contributed by atoms with Crippen LogP contribution in [0.1, 0.15) is 11.1 Å². The van der Waals surface area contributed by atoms with E-state index in [1.807, 2.05) is 19.9 Å². The van der Waals surface area contributed by atoms with E-state index in [4.69, 9.17) is 12.7 Å². The summed E-state index contributed by atoms with van der Waals surface area (Å²) in [7, 11) is 5.18. The zero-order valence-corrected chi connectivity index (χ0v) is 8.24. The van der Waals surface area contributed by atoms with E-state index in [0.29, 0.717) is 5.75 Å². The van der Waals surface area contributed by atoms with Gasteiger partial charge in [-0.05, 0) is 43.2 Å². The lowest BCUT2D eigenvalue weighted by Crippen LogP contribution is -1.91. The maximum atomic E-state index is 5.18. The Morgan fingerprint density at radius 3 is 2.57 bits per heavy atom. The second-order valence-corrected chi connectivity index (χ2v) is 3.47. The van der Waals surface area contributed by atoms with Gasteiger partial charge in [-0.2, -0.15) is 0 Å². The molecule has 0 unspecified atom stereocenters. The van der Waals surface area contributed by atoms with Crippen molar-refractivity contribution in [2.75, 3.05) is 0 Å². The van der Waals surface area contributed by atoms with Crippen LogP contribution >= 0.6 is 0 Å². The first-order valence-electron chi connectivity index (χ1n) is 4.44. The Hall–Kier alpha value is -1.51. The molecule has 2 nitrogen and oxygen atoms in total. The normalized spacial score (nSPS) is 10.4. The van der Waals surface area contributed by atoms with Crippen LogP contribution in [0.2, 0.25) is 0 Å². The van der Waals surface area contributed by atoms with Gasteiger partial charge in [0.25, 0.3) is 0 Å². The molecule has 0 atom stereocenters. The molecule has 0 spiro atoms. The van der Waals surface area contributed by atoms with Gasteiger partial charge in [-0.25, -0.2) is 0 Å². The molecule has 3 heteroatoms. The van der Waals surface area contributed by atoms with E-state index in [-0.39, 0.29) is 0 Å². The van der Waals surface area contributed by atoms with E-state index in [1.165, 1.54) is 0 Å². The van der Waals surface area contributed by atoms with Crippen LogP contribution in [-0.2, 0) is 0 Å². The van der Waals surface area contributed by atoms with Crippen molar-refractivity contribution < 1.29 is 4.65 Å². The van der Waals surface area contributed by atoms with Crippen molar-refractivity contribution in [2.24, 2.45) is 0 Å². The van der Waals surface area contributed by atoms with Crippen molar-refractivity contribution in [3.63, 3.8) is 0 Å². The monoisotopic (exact) mass is 183 g/mol. The van der Waals surface area contributed by atoms with Gasteiger partial charge in [-0.3, -0.25) is 4.98 Å². The first-order chi connectivity index (χ1) is 6.70. The van der Waals surface area contributed by atoms with Gasteiger partial charge >= 0.3 is 8.05 Å². The SMILES string of the molecule is [B]Oc1cc(C)cc2cc(C)cnc12. The molecule has 0 fully saturated rings. The van der Waals surface area contributed by atoms with E-state index >= 15 is 0 Å². The Balaban J connectivity index is 2.81. The van der Waals surface area contributed by atoms with Gasteiger partial charge in [0.1, 0.15) is 11.3 Å². The van der Waals surface area contributed by atoms with Crippen molar-refractivity contribution >= 4 is 19.0 Å². The topological polar surface area (TPSA) is 22.1 Å². The number of hydrogen-bond acceptors (Lipinski definition) is 2. The van der Waals surface area contributed by atoms with Gasteiger partial charge < -0.3 is 4.65 Å². The molecule has 0 aliphatic carbocycles. The number of aryl methyl sites for hydroxylation is 2. The maximum absolute atomic E-state index is 5.18. The van der Waals surface area contributed by atoms with Crippen molar-refractivity contribution in [1.82, 2.24) is 4.98 Å². The second-order valence-electron chi connectivity index (χ2n) is 3.47. The molecule has 0 amide bonds. The standard InChI is InChI=1S/C11H10BNO/c1-7-3-9-4-8(2)6-13-11(9)10(5-7)14-12/h3-6H,1-2H3. The third-order valence-electron chi connectivity index (χ3n) is 2.16. The largest absolute Gasteiger partial charge is 0.566 e. The van der Waals surface area contributed by atoms with Gasteiger partial charge in [-0.1, -0.05) is 0 Å². The zero-order chi connectivity index (χ0) is 10.1. The fraction of sp³-hybridized carbons (Fsp3) is 0.182. The van der Waals surface area contributed by atoms with Crippen LogP contribution < -0.4 is 4.65 Å². The average molecular weight is 183 g/mol. The van der Waals surface area contributed by atoms with Crippen LogP contribution in [0.25, 0.3) is 10.9 Å². The Kier molecular flexibility index (Phi) is 2.16. The van der Waals surface area contributed by atoms with E-state index in [2.05, 4.69) is 17.1 Å². The number of pyridine rings is 1. The summed E-state index contributed by atoms with van der Waals surface area (Å²) in [5.74, 6) is 0.625. The Labute approximate surface area is 84.4 Å². The fourth-order valence-corrected chi connectivity index (χ4v) is 1.56. The minimum Gasteiger partial charge on any atom is -0.566 e. The van der Waals surface area contributed by atoms with Crippen LogP contribution in [0.3, 0.4) is 0 Å². The number of benzene rings is 1. The van der Waals surface area contributed by atoms with Crippen LogP contribution in [-0.4, -0.2) is 13.0 Å². The lowest BCUT2D eigenvalue weighted by molar-refractivity contribution is 0.621. The van der Waals surface area contributed by atoms with Crippen molar-refractivity contribution in [2.45, 2.75) is 13.8 Å². The predicted molar refractivity (Wildman–Crippen MR) is 57.6 cm³/mol. The van der Waals surface area contributed by atoms with Crippen LogP contribution in [0.4, 0.5) is 0 Å². The summed E-state index contributed by atoms with van der Waals surface area (Å²) in [5.41, 5.74) is 3.06. The number of fused-ring (bicyclic) bond motifs is 1. The van der Waals surface area contributed by atoms with E-state index in [1.54, 1.807) is 6.20 Å². The number of rotatable bonds is 1. The van der Waals surface area contributed by atoms with Crippen LogP contribution in [0.15, 0.2) is 24.4 Å². The first-order valence-corrected chi connectivity index (χ1v) is 4.44. The molecule has 0 saturated heterocycles. The molecule has 0 bridgehead atoms. The maximum Gasteiger partial charge on any atom is 0.374 e. The first kappa shape index (κ1) is 9.07. The number of nitrogens with zero attached hydrogens (tertiary/aromatic N) is 1. The van der Waals surface area contributed by atoms with E-state index in [0.717, 1.165) is 22.0 Å². The summed E-state index contributed by atoms with van der Waals surface area (Å²) in [6, 6.07) is 6.01. The highest BCUT2D eigenvalue weighted by Crippen LogP contribution is 2.25. The highest BCUT2D eigenvalue weighted by atomic mass is 16.4. The van der Waals surface area contributed by atoms with E-state index in [9.17, 15) is 0 Å². The lowest BCUT2D eigenvalue weighted by atomic mass is 10.1.